The summed E-state index contributed by atoms with van der Waals surface area (Å²) in [6, 6.07) is 14.5. The van der Waals surface area contributed by atoms with Crippen LogP contribution in [0.3, 0.4) is 0 Å². The number of benzene rings is 2. The lowest BCUT2D eigenvalue weighted by atomic mass is 10.1. The number of rotatable bonds is 9. The fraction of sp³-hybridized carbons (Fsp3) is 0.444. The van der Waals surface area contributed by atoms with Crippen LogP contribution in [0.4, 0.5) is 0 Å². The van der Waals surface area contributed by atoms with Crippen LogP contribution in [0.25, 0.3) is 6.08 Å². The van der Waals surface area contributed by atoms with Crippen molar-refractivity contribution in [2.45, 2.75) is 32.9 Å². The molecule has 4 rings (SSSR count). The zero-order chi connectivity index (χ0) is 23.0. The van der Waals surface area contributed by atoms with Crippen molar-refractivity contribution in [1.82, 2.24) is 15.1 Å². The molecule has 1 unspecified atom stereocenters. The van der Waals surface area contributed by atoms with E-state index < -0.39 is 0 Å². The van der Waals surface area contributed by atoms with Gasteiger partial charge in [0.15, 0.2) is 0 Å². The zero-order valence-corrected chi connectivity index (χ0v) is 19.8. The molecule has 0 aromatic heterocycles. The van der Waals surface area contributed by atoms with Crippen molar-refractivity contribution in [2.24, 2.45) is 0 Å². The summed E-state index contributed by atoms with van der Waals surface area (Å²) in [6.07, 6.45) is 5.47. The molecule has 6 nitrogen and oxygen atoms in total. The molecule has 2 aromatic rings. The second-order valence-electron chi connectivity index (χ2n) is 8.80. The third-order valence-corrected chi connectivity index (χ3v) is 6.16. The third kappa shape index (κ3) is 6.59. The molecular weight excluding hydrogens is 414 g/mol. The number of hydrogen-bond acceptors (Lipinski definition) is 5. The lowest BCUT2D eigenvalue weighted by molar-refractivity contribution is -0.122. The van der Waals surface area contributed by atoms with Crippen LogP contribution < -0.4 is 14.8 Å². The SMILES string of the molecule is CCOc1cc2c(cc1CNC(=O)CN1CCN(CC=Cc3ccccc3)CC1)OC(C)C2. The second kappa shape index (κ2) is 11.3. The van der Waals surface area contributed by atoms with Crippen molar-refractivity contribution in [3.63, 3.8) is 0 Å². The fourth-order valence-corrected chi connectivity index (χ4v) is 4.39. The summed E-state index contributed by atoms with van der Waals surface area (Å²) in [7, 11) is 0. The van der Waals surface area contributed by atoms with Gasteiger partial charge in [-0.3, -0.25) is 14.6 Å². The Kier molecular flexibility index (Phi) is 8.02. The molecule has 2 heterocycles. The lowest BCUT2D eigenvalue weighted by Crippen LogP contribution is -2.49. The molecule has 6 heteroatoms. The van der Waals surface area contributed by atoms with Crippen LogP contribution in [-0.4, -0.2) is 67.7 Å². The number of nitrogens with one attached hydrogen (secondary N) is 1. The van der Waals surface area contributed by atoms with E-state index in [9.17, 15) is 4.79 Å². The molecule has 2 aromatic carbocycles. The Bertz CT molecular complexity index is 953. The van der Waals surface area contributed by atoms with E-state index in [1.54, 1.807) is 0 Å². The van der Waals surface area contributed by atoms with Gasteiger partial charge < -0.3 is 14.8 Å². The lowest BCUT2D eigenvalue weighted by Gasteiger charge is -2.33. The molecule has 0 radical (unpaired) electrons. The number of nitrogens with zero attached hydrogens (tertiary/aromatic N) is 2. The minimum absolute atomic E-state index is 0.0460. The molecule has 2 aliphatic rings. The molecule has 176 valence electrons. The molecule has 2 aliphatic heterocycles. The Morgan fingerprint density at radius 1 is 1.15 bits per heavy atom. The molecule has 1 fully saturated rings. The quantitative estimate of drug-likeness (QED) is 0.636. The van der Waals surface area contributed by atoms with Crippen molar-refractivity contribution >= 4 is 12.0 Å². The highest BCUT2D eigenvalue weighted by atomic mass is 16.5. The first-order chi connectivity index (χ1) is 16.1. The van der Waals surface area contributed by atoms with Gasteiger partial charge in [-0.25, -0.2) is 0 Å². The first-order valence-electron chi connectivity index (χ1n) is 12.0. The van der Waals surface area contributed by atoms with Crippen molar-refractivity contribution in [3.05, 3.63) is 65.2 Å². The molecule has 1 atom stereocenters. The molecule has 1 saturated heterocycles. The van der Waals surface area contributed by atoms with E-state index in [2.05, 4.69) is 64.5 Å². The molecule has 1 amide bonds. The number of carbonyl (C=O) groups excluding carboxylic acids is 1. The molecule has 0 saturated carbocycles. The molecule has 0 aliphatic carbocycles. The number of ether oxygens (including phenoxy) is 2. The van der Waals surface area contributed by atoms with E-state index in [1.165, 1.54) is 11.1 Å². The maximum absolute atomic E-state index is 12.6. The highest BCUT2D eigenvalue weighted by molar-refractivity contribution is 5.78. The molecular formula is C27H35N3O3. The predicted octanol–water partition coefficient (Wildman–Crippen LogP) is 3.36. The van der Waals surface area contributed by atoms with Crippen molar-refractivity contribution in [2.75, 3.05) is 45.9 Å². The number of hydrogen-bond donors (Lipinski definition) is 1. The summed E-state index contributed by atoms with van der Waals surface area (Å²) in [6.45, 7) is 10.2. The van der Waals surface area contributed by atoms with Gasteiger partial charge >= 0.3 is 0 Å². The summed E-state index contributed by atoms with van der Waals surface area (Å²) in [4.78, 5) is 17.3. The second-order valence-corrected chi connectivity index (χ2v) is 8.80. The maximum atomic E-state index is 12.6. The normalized spacial score (nSPS) is 18.8. The number of piperazine rings is 1. The van der Waals surface area contributed by atoms with Gasteiger partial charge in [-0.1, -0.05) is 42.5 Å². The van der Waals surface area contributed by atoms with Crippen molar-refractivity contribution < 1.29 is 14.3 Å². The van der Waals surface area contributed by atoms with E-state index in [1.807, 2.05) is 19.1 Å². The van der Waals surface area contributed by atoms with Gasteiger partial charge in [0.1, 0.15) is 17.6 Å². The predicted molar refractivity (Wildman–Crippen MR) is 132 cm³/mol. The highest BCUT2D eigenvalue weighted by Gasteiger charge is 2.22. The number of fused-ring (bicyclic) bond motifs is 1. The zero-order valence-electron chi connectivity index (χ0n) is 19.8. The first kappa shape index (κ1) is 23.3. The first-order valence-corrected chi connectivity index (χ1v) is 12.0. The van der Waals surface area contributed by atoms with Gasteiger partial charge in [0, 0.05) is 56.8 Å². The summed E-state index contributed by atoms with van der Waals surface area (Å²) in [5, 5.41) is 3.07. The Labute approximate surface area is 197 Å². The Morgan fingerprint density at radius 2 is 1.91 bits per heavy atom. The highest BCUT2D eigenvalue weighted by Crippen LogP contribution is 2.35. The maximum Gasteiger partial charge on any atom is 0.234 e. The standard InChI is InChI=1S/C27H35N3O3/c1-3-32-25-17-23-16-21(2)33-26(23)18-24(25)19-28-27(31)20-30-14-12-29(13-15-30)11-7-10-22-8-5-4-6-9-22/h4-10,17-18,21H,3,11-16,19-20H2,1-2H3,(H,28,31). The van der Waals surface area contributed by atoms with E-state index >= 15 is 0 Å². The van der Waals surface area contributed by atoms with Crippen molar-refractivity contribution in [1.29, 1.82) is 0 Å². The Hall–Kier alpha value is -2.83. The van der Waals surface area contributed by atoms with Crippen LogP contribution in [0, 0.1) is 0 Å². The number of carbonyl (C=O) groups is 1. The van der Waals surface area contributed by atoms with E-state index in [4.69, 9.17) is 9.47 Å². The van der Waals surface area contributed by atoms with E-state index in [0.29, 0.717) is 19.7 Å². The smallest absolute Gasteiger partial charge is 0.234 e. The molecule has 1 N–H and O–H groups in total. The van der Waals surface area contributed by atoms with Gasteiger partial charge in [0.25, 0.3) is 0 Å². The van der Waals surface area contributed by atoms with Gasteiger partial charge in [-0.2, -0.15) is 0 Å². The minimum atomic E-state index is 0.0460. The third-order valence-electron chi connectivity index (χ3n) is 6.16. The van der Waals surface area contributed by atoms with Gasteiger partial charge in [-0.05, 0) is 31.5 Å². The minimum Gasteiger partial charge on any atom is -0.494 e. The average Bonchev–Trinajstić information content (AvgIpc) is 3.18. The molecule has 0 spiro atoms. The largest absolute Gasteiger partial charge is 0.494 e. The summed E-state index contributed by atoms with van der Waals surface area (Å²) in [5.41, 5.74) is 3.37. The monoisotopic (exact) mass is 449 g/mol. The average molecular weight is 450 g/mol. The van der Waals surface area contributed by atoms with Gasteiger partial charge in [-0.15, -0.1) is 0 Å². The van der Waals surface area contributed by atoms with Gasteiger partial charge in [0.05, 0.1) is 13.2 Å². The Morgan fingerprint density at radius 3 is 2.67 bits per heavy atom. The summed E-state index contributed by atoms with van der Waals surface area (Å²) in [5.74, 6) is 1.80. The van der Waals surface area contributed by atoms with Crippen LogP contribution in [-0.2, 0) is 17.8 Å². The van der Waals surface area contributed by atoms with E-state index in [-0.39, 0.29) is 12.0 Å². The summed E-state index contributed by atoms with van der Waals surface area (Å²) < 4.78 is 11.7. The van der Waals surface area contributed by atoms with Crippen LogP contribution in [0.5, 0.6) is 11.5 Å². The van der Waals surface area contributed by atoms with Crippen LogP contribution in [0.1, 0.15) is 30.5 Å². The van der Waals surface area contributed by atoms with Crippen LogP contribution in [0.15, 0.2) is 48.5 Å². The Balaban J connectivity index is 1.21. The number of amides is 1. The van der Waals surface area contributed by atoms with Crippen LogP contribution in [0.2, 0.25) is 0 Å². The fourth-order valence-electron chi connectivity index (χ4n) is 4.39. The topological polar surface area (TPSA) is 54.0 Å². The van der Waals surface area contributed by atoms with Crippen molar-refractivity contribution in [3.8, 4) is 11.5 Å². The van der Waals surface area contributed by atoms with Gasteiger partial charge in [0.2, 0.25) is 5.91 Å². The summed E-state index contributed by atoms with van der Waals surface area (Å²) >= 11 is 0. The van der Waals surface area contributed by atoms with E-state index in [0.717, 1.165) is 56.2 Å². The molecule has 33 heavy (non-hydrogen) atoms. The molecule has 0 bridgehead atoms. The van der Waals surface area contributed by atoms with Crippen LogP contribution >= 0.6 is 0 Å².